The van der Waals surface area contributed by atoms with Gasteiger partial charge in [0.15, 0.2) is 5.69 Å². The second kappa shape index (κ2) is 10.2. The zero-order valence-corrected chi connectivity index (χ0v) is 19.1. The molecule has 2 aromatic carbocycles. The monoisotopic (exact) mass is 520 g/mol. The number of phenolic OH excluding ortho intramolecular Hbond substituents is 1. The Balaban J connectivity index is 1.31. The van der Waals surface area contributed by atoms with Crippen LogP contribution in [0.5, 0.6) is 5.75 Å². The summed E-state index contributed by atoms with van der Waals surface area (Å²) in [6, 6.07) is 7.99. The first kappa shape index (κ1) is 25.6. The van der Waals surface area contributed by atoms with Crippen molar-refractivity contribution in [2.24, 2.45) is 0 Å². The number of benzene rings is 2. The maximum absolute atomic E-state index is 13.6. The molecule has 3 aromatic rings. The van der Waals surface area contributed by atoms with Gasteiger partial charge in [-0.05, 0) is 30.3 Å². The second-order valence-electron chi connectivity index (χ2n) is 8.08. The number of aromatic hydroxyl groups is 1. The van der Waals surface area contributed by atoms with Gasteiger partial charge >= 0.3 is 6.18 Å². The first-order chi connectivity index (χ1) is 17.5. The molecular weight excluding hydrogens is 500 g/mol. The summed E-state index contributed by atoms with van der Waals surface area (Å²) in [5.74, 6) is -3.19. The summed E-state index contributed by atoms with van der Waals surface area (Å²) >= 11 is 0. The number of para-hydroxylation sites is 2. The number of hydrogen-bond donors (Lipinski definition) is 2. The standard InChI is InChI=1S/C23H20F4N6O4/c24-14-5-6-16(23(25,26)27)15(11-14)22(37)32-9-7-31(8-10-32)20(35)12-28-21(36)17-13-33(30-29-17)18-3-1-2-4-19(18)34/h1-6,11,13,34H,7-10,12H2,(H,28,36). The number of carbonyl (C=O) groups excluding carboxylic acids is 3. The summed E-state index contributed by atoms with van der Waals surface area (Å²) < 4.78 is 54.5. The Hall–Kier alpha value is -4.49. The van der Waals surface area contributed by atoms with Crippen molar-refractivity contribution in [1.82, 2.24) is 30.1 Å². The van der Waals surface area contributed by atoms with E-state index in [1.165, 1.54) is 21.8 Å². The minimum atomic E-state index is -4.83. The molecule has 1 aliphatic rings. The van der Waals surface area contributed by atoms with Crippen LogP contribution in [0.1, 0.15) is 26.4 Å². The molecule has 10 nitrogen and oxygen atoms in total. The quantitative estimate of drug-likeness (QED) is 0.496. The van der Waals surface area contributed by atoms with Gasteiger partial charge in [-0.3, -0.25) is 14.4 Å². The number of phenols is 1. The predicted molar refractivity (Wildman–Crippen MR) is 119 cm³/mol. The van der Waals surface area contributed by atoms with E-state index in [2.05, 4.69) is 15.6 Å². The lowest BCUT2D eigenvalue weighted by Crippen LogP contribution is -2.52. The molecule has 0 atom stereocenters. The fourth-order valence-electron chi connectivity index (χ4n) is 3.77. The zero-order valence-electron chi connectivity index (χ0n) is 19.1. The summed E-state index contributed by atoms with van der Waals surface area (Å²) in [5.41, 5.74) is -1.82. The van der Waals surface area contributed by atoms with Crippen LogP contribution < -0.4 is 5.32 Å². The van der Waals surface area contributed by atoms with Crippen molar-refractivity contribution in [3.05, 3.63) is 71.3 Å². The van der Waals surface area contributed by atoms with Crippen molar-refractivity contribution in [3.8, 4) is 11.4 Å². The third-order valence-electron chi connectivity index (χ3n) is 5.69. The number of nitrogens with one attached hydrogen (secondary N) is 1. The third-order valence-corrected chi connectivity index (χ3v) is 5.69. The first-order valence-electron chi connectivity index (χ1n) is 11.0. The van der Waals surface area contributed by atoms with Gasteiger partial charge in [0, 0.05) is 26.2 Å². The van der Waals surface area contributed by atoms with E-state index in [-0.39, 0.29) is 37.6 Å². The minimum absolute atomic E-state index is 0.0145. The van der Waals surface area contributed by atoms with Gasteiger partial charge in [-0.15, -0.1) is 5.10 Å². The normalized spacial score (nSPS) is 13.9. The molecule has 1 saturated heterocycles. The van der Waals surface area contributed by atoms with Gasteiger partial charge in [0.25, 0.3) is 11.8 Å². The zero-order chi connectivity index (χ0) is 26.7. The van der Waals surface area contributed by atoms with Crippen LogP contribution in [0, 0.1) is 5.82 Å². The van der Waals surface area contributed by atoms with Gasteiger partial charge in [0.2, 0.25) is 5.91 Å². The SMILES string of the molecule is O=C(NCC(=O)N1CCN(C(=O)c2cc(F)ccc2C(F)(F)F)CC1)c1cn(-c2ccccc2O)nn1. The number of nitrogens with zero attached hydrogens (tertiary/aromatic N) is 5. The number of carbonyl (C=O) groups is 3. The summed E-state index contributed by atoms with van der Waals surface area (Å²) in [6.45, 7) is -0.498. The van der Waals surface area contributed by atoms with E-state index in [0.717, 1.165) is 4.90 Å². The highest BCUT2D eigenvalue weighted by Crippen LogP contribution is 2.33. The number of amides is 3. The van der Waals surface area contributed by atoms with Crippen molar-refractivity contribution in [2.75, 3.05) is 32.7 Å². The fraction of sp³-hybridized carbons (Fsp3) is 0.261. The van der Waals surface area contributed by atoms with Crippen LogP contribution in [0.25, 0.3) is 5.69 Å². The Morgan fingerprint density at radius 3 is 2.35 bits per heavy atom. The van der Waals surface area contributed by atoms with Crippen LogP contribution in [0.15, 0.2) is 48.7 Å². The number of hydrogen-bond acceptors (Lipinski definition) is 6. The molecule has 0 radical (unpaired) electrons. The fourth-order valence-corrected chi connectivity index (χ4v) is 3.77. The van der Waals surface area contributed by atoms with Gasteiger partial charge in [0.1, 0.15) is 17.3 Å². The lowest BCUT2D eigenvalue weighted by atomic mass is 10.0. The van der Waals surface area contributed by atoms with Gasteiger partial charge in [0.05, 0.1) is 23.9 Å². The van der Waals surface area contributed by atoms with Crippen LogP contribution in [-0.4, -0.2) is 80.3 Å². The van der Waals surface area contributed by atoms with Gasteiger partial charge < -0.3 is 20.2 Å². The van der Waals surface area contributed by atoms with Crippen LogP contribution in [-0.2, 0) is 11.0 Å². The molecular formula is C23H20F4N6O4. The Bertz CT molecular complexity index is 1330. The van der Waals surface area contributed by atoms with E-state index in [0.29, 0.717) is 23.9 Å². The van der Waals surface area contributed by atoms with E-state index in [1.807, 2.05) is 0 Å². The number of alkyl halides is 3. The summed E-state index contributed by atoms with van der Waals surface area (Å²) in [5, 5.41) is 19.8. The molecule has 14 heteroatoms. The Morgan fingerprint density at radius 2 is 1.68 bits per heavy atom. The van der Waals surface area contributed by atoms with Crippen LogP contribution in [0.4, 0.5) is 17.6 Å². The van der Waals surface area contributed by atoms with E-state index >= 15 is 0 Å². The molecule has 4 rings (SSSR count). The number of piperazine rings is 1. The summed E-state index contributed by atoms with van der Waals surface area (Å²) in [7, 11) is 0. The summed E-state index contributed by atoms with van der Waals surface area (Å²) in [4.78, 5) is 40.0. The van der Waals surface area contributed by atoms with E-state index < -0.39 is 47.4 Å². The average Bonchev–Trinajstić information content (AvgIpc) is 3.36. The van der Waals surface area contributed by atoms with Crippen molar-refractivity contribution >= 4 is 17.7 Å². The number of halogens is 4. The highest BCUT2D eigenvalue weighted by molar-refractivity contribution is 5.96. The third kappa shape index (κ3) is 5.68. The molecule has 0 bridgehead atoms. The lowest BCUT2D eigenvalue weighted by molar-refractivity contribution is -0.138. The van der Waals surface area contributed by atoms with Gasteiger partial charge in [-0.1, -0.05) is 17.3 Å². The molecule has 0 aliphatic carbocycles. The maximum Gasteiger partial charge on any atom is 0.417 e. The second-order valence-corrected chi connectivity index (χ2v) is 8.08. The predicted octanol–water partition coefficient (Wildman–Crippen LogP) is 1.85. The van der Waals surface area contributed by atoms with Gasteiger partial charge in [-0.25, -0.2) is 9.07 Å². The minimum Gasteiger partial charge on any atom is -0.506 e. The number of aromatic nitrogens is 3. The van der Waals surface area contributed by atoms with Crippen LogP contribution in [0.2, 0.25) is 0 Å². The van der Waals surface area contributed by atoms with Crippen LogP contribution in [0.3, 0.4) is 0 Å². The molecule has 1 aliphatic heterocycles. The Labute approximate surface area is 207 Å². The first-order valence-corrected chi connectivity index (χ1v) is 11.0. The highest BCUT2D eigenvalue weighted by atomic mass is 19.4. The molecule has 0 unspecified atom stereocenters. The molecule has 1 aromatic heterocycles. The molecule has 1 fully saturated rings. The smallest absolute Gasteiger partial charge is 0.417 e. The highest BCUT2D eigenvalue weighted by Gasteiger charge is 2.37. The molecule has 3 amide bonds. The van der Waals surface area contributed by atoms with E-state index in [9.17, 15) is 37.1 Å². The average molecular weight is 520 g/mol. The molecule has 0 saturated carbocycles. The molecule has 2 heterocycles. The molecule has 37 heavy (non-hydrogen) atoms. The summed E-state index contributed by atoms with van der Waals surface area (Å²) in [6.07, 6.45) is -3.55. The molecule has 2 N–H and O–H groups in total. The number of rotatable bonds is 5. The lowest BCUT2D eigenvalue weighted by Gasteiger charge is -2.35. The van der Waals surface area contributed by atoms with Crippen LogP contribution >= 0.6 is 0 Å². The Morgan fingerprint density at radius 1 is 1.00 bits per heavy atom. The van der Waals surface area contributed by atoms with E-state index in [1.54, 1.807) is 18.2 Å². The maximum atomic E-state index is 13.6. The topological polar surface area (TPSA) is 121 Å². The largest absolute Gasteiger partial charge is 0.506 e. The molecule has 0 spiro atoms. The van der Waals surface area contributed by atoms with Crippen molar-refractivity contribution in [2.45, 2.75) is 6.18 Å². The Kier molecular flexibility index (Phi) is 7.09. The van der Waals surface area contributed by atoms with Gasteiger partial charge in [-0.2, -0.15) is 13.2 Å². The van der Waals surface area contributed by atoms with E-state index in [4.69, 9.17) is 0 Å². The van der Waals surface area contributed by atoms with Crippen molar-refractivity contribution in [3.63, 3.8) is 0 Å². The van der Waals surface area contributed by atoms with Crippen molar-refractivity contribution < 1.29 is 37.1 Å². The van der Waals surface area contributed by atoms with Crippen molar-refractivity contribution in [1.29, 1.82) is 0 Å². The molecule has 194 valence electrons.